The molecule has 1 saturated heterocycles. The summed E-state index contributed by atoms with van der Waals surface area (Å²) in [6.45, 7) is 0.797. The molecule has 0 N–H and O–H groups in total. The fraction of sp³-hybridized carbons (Fsp3) is 0.417. The molecular weight excluding hydrogens is 216 g/mol. The molecule has 3 heterocycles. The van der Waals surface area contributed by atoms with Crippen LogP contribution >= 0.6 is 0 Å². The Morgan fingerprint density at radius 1 is 1.24 bits per heavy atom. The van der Waals surface area contributed by atoms with E-state index in [4.69, 9.17) is 4.74 Å². The van der Waals surface area contributed by atoms with Gasteiger partial charge in [0.15, 0.2) is 6.23 Å². The number of aromatic nitrogens is 4. The normalized spacial score (nSPS) is 20.4. The van der Waals surface area contributed by atoms with Crippen molar-refractivity contribution in [3.8, 4) is 11.4 Å². The Labute approximate surface area is 99.4 Å². The van der Waals surface area contributed by atoms with Crippen molar-refractivity contribution in [3.63, 3.8) is 0 Å². The van der Waals surface area contributed by atoms with E-state index in [0.29, 0.717) is 0 Å². The van der Waals surface area contributed by atoms with E-state index in [-0.39, 0.29) is 6.23 Å². The quantitative estimate of drug-likeness (QED) is 0.792. The topological polar surface area (TPSA) is 52.8 Å². The second kappa shape index (κ2) is 4.63. The number of pyridine rings is 1. The Hall–Kier alpha value is -1.75. The zero-order valence-corrected chi connectivity index (χ0v) is 9.49. The summed E-state index contributed by atoms with van der Waals surface area (Å²) in [5, 5.41) is 8.68. The molecule has 5 nitrogen and oxygen atoms in total. The molecule has 3 rings (SSSR count). The van der Waals surface area contributed by atoms with Crippen LogP contribution in [0.25, 0.3) is 11.4 Å². The lowest BCUT2D eigenvalue weighted by Crippen LogP contribution is -2.20. The molecule has 0 saturated carbocycles. The molecule has 1 fully saturated rings. The second-order valence-corrected chi connectivity index (χ2v) is 4.09. The Balaban J connectivity index is 1.83. The minimum atomic E-state index is -0.0128. The van der Waals surface area contributed by atoms with Gasteiger partial charge in [-0.1, -0.05) is 6.07 Å². The molecule has 2 aromatic rings. The minimum absolute atomic E-state index is 0.0128. The average Bonchev–Trinajstić information content (AvgIpc) is 2.90. The first-order valence-corrected chi connectivity index (χ1v) is 5.88. The van der Waals surface area contributed by atoms with Crippen molar-refractivity contribution in [2.45, 2.75) is 25.5 Å². The lowest BCUT2D eigenvalue weighted by atomic mass is 10.2. The van der Waals surface area contributed by atoms with Gasteiger partial charge >= 0.3 is 0 Å². The summed E-state index contributed by atoms with van der Waals surface area (Å²) in [5.41, 5.74) is 1.63. The third-order valence-electron chi connectivity index (χ3n) is 2.85. The van der Waals surface area contributed by atoms with Gasteiger partial charge in [-0.3, -0.25) is 4.98 Å². The fourth-order valence-electron chi connectivity index (χ4n) is 1.95. The number of hydrogen-bond acceptors (Lipinski definition) is 4. The summed E-state index contributed by atoms with van der Waals surface area (Å²) in [6.07, 6.45) is 6.76. The van der Waals surface area contributed by atoms with Gasteiger partial charge in [0.05, 0.1) is 11.9 Å². The van der Waals surface area contributed by atoms with E-state index in [2.05, 4.69) is 15.2 Å². The molecule has 0 aliphatic carbocycles. The molecule has 5 heteroatoms. The van der Waals surface area contributed by atoms with Crippen LogP contribution in [0.3, 0.4) is 0 Å². The number of hydrogen-bond donors (Lipinski definition) is 0. The highest BCUT2D eigenvalue weighted by Crippen LogP contribution is 2.22. The van der Waals surface area contributed by atoms with Gasteiger partial charge in [-0.25, -0.2) is 0 Å². The van der Waals surface area contributed by atoms with Crippen molar-refractivity contribution in [3.05, 3.63) is 30.6 Å². The van der Waals surface area contributed by atoms with Crippen LogP contribution in [0.5, 0.6) is 0 Å². The van der Waals surface area contributed by atoms with Crippen LogP contribution in [0.15, 0.2) is 30.6 Å². The highest BCUT2D eigenvalue weighted by molar-refractivity contribution is 5.51. The molecule has 1 aliphatic rings. The molecule has 1 atom stereocenters. The predicted octanol–water partition coefficient (Wildman–Crippen LogP) is 2.04. The summed E-state index contributed by atoms with van der Waals surface area (Å²) >= 11 is 0. The zero-order valence-electron chi connectivity index (χ0n) is 9.49. The molecule has 2 aromatic heterocycles. The van der Waals surface area contributed by atoms with E-state index in [1.165, 1.54) is 6.42 Å². The van der Waals surface area contributed by atoms with Gasteiger partial charge in [0, 0.05) is 12.8 Å². The monoisotopic (exact) mass is 230 g/mol. The van der Waals surface area contributed by atoms with Gasteiger partial charge in [-0.15, -0.1) is 5.10 Å². The predicted molar refractivity (Wildman–Crippen MR) is 62.1 cm³/mol. The SMILES string of the molecule is c1ccc(-c2cnn([C@@H]3CCCCO3)n2)nc1. The lowest BCUT2D eigenvalue weighted by molar-refractivity contribution is -0.0479. The number of nitrogens with zero attached hydrogens (tertiary/aromatic N) is 4. The molecular formula is C12H14N4O. The van der Waals surface area contributed by atoms with Crippen molar-refractivity contribution in [2.75, 3.05) is 6.61 Å². The third-order valence-corrected chi connectivity index (χ3v) is 2.85. The Morgan fingerprint density at radius 2 is 2.24 bits per heavy atom. The highest BCUT2D eigenvalue weighted by Gasteiger charge is 2.18. The molecule has 0 radical (unpaired) electrons. The summed E-state index contributed by atoms with van der Waals surface area (Å²) in [7, 11) is 0. The van der Waals surface area contributed by atoms with E-state index >= 15 is 0 Å². The van der Waals surface area contributed by atoms with Crippen molar-refractivity contribution in [1.82, 2.24) is 20.0 Å². The maximum Gasteiger partial charge on any atom is 0.169 e. The van der Waals surface area contributed by atoms with Crippen molar-refractivity contribution in [1.29, 1.82) is 0 Å². The van der Waals surface area contributed by atoms with E-state index < -0.39 is 0 Å². The third kappa shape index (κ3) is 2.19. The molecule has 17 heavy (non-hydrogen) atoms. The van der Waals surface area contributed by atoms with Crippen molar-refractivity contribution >= 4 is 0 Å². The van der Waals surface area contributed by atoms with Gasteiger partial charge in [0.1, 0.15) is 5.69 Å². The van der Waals surface area contributed by atoms with E-state index in [9.17, 15) is 0 Å². The Morgan fingerprint density at radius 3 is 3.00 bits per heavy atom. The van der Waals surface area contributed by atoms with Crippen LogP contribution in [0.1, 0.15) is 25.5 Å². The van der Waals surface area contributed by atoms with Crippen LogP contribution in [0.4, 0.5) is 0 Å². The molecule has 0 unspecified atom stereocenters. The van der Waals surface area contributed by atoms with Crippen LogP contribution in [-0.4, -0.2) is 26.6 Å². The smallest absolute Gasteiger partial charge is 0.169 e. The summed E-state index contributed by atoms with van der Waals surface area (Å²) < 4.78 is 5.63. The maximum atomic E-state index is 5.63. The highest BCUT2D eigenvalue weighted by atomic mass is 16.5. The average molecular weight is 230 g/mol. The largest absolute Gasteiger partial charge is 0.355 e. The first kappa shape index (κ1) is 10.4. The number of ether oxygens (including phenoxy) is 1. The minimum Gasteiger partial charge on any atom is -0.355 e. The summed E-state index contributed by atoms with van der Waals surface area (Å²) in [6, 6.07) is 5.76. The van der Waals surface area contributed by atoms with Crippen LogP contribution in [0, 0.1) is 0 Å². The van der Waals surface area contributed by atoms with Gasteiger partial charge in [-0.05, 0) is 31.4 Å². The standard InChI is InChI=1S/C12H14N4O/c1-3-7-13-10(5-1)11-9-14-16(15-11)12-6-2-4-8-17-12/h1,3,5,7,9,12H,2,4,6,8H2/t12-/m0/s1. The fourth-order valence-corrected chi connectivity index (χ4v) is 1.95. The first-order valence-electron chi connectivity index (χ1n) is 5.88. The lowest BCUT2D eigenvalue weighted by Gasteiger charge is -2.21. The Kier molecular flexibility index (Phi) is 2.83. The van der Waals surface area contributed by atoms with Gasteiger partial charge < -0.3 is 4.74 Å². The summed E-state index contributed by atoms with van der Waals surface area (Å²) in [4.78, 5) is 5.91. The van der Waals surface area contributed by atoms with Crippen LogP contribution < -0.4 is 0 Å². The van der Waals surface area contributed by atoms with E-state index in [0.717, 1.165) is 30.8 Å². The Bertz CT molecular complexity index is 476. The maximum absolute atomic E-state index is 5.63. The zero-order chi connectivity index (χ0) is 11.5. The van der Waals surface area contributed by atoms with Gasteiger partial charge in [-0.2, -0.15) is 9.90 Å². The molecule has 88 valence electrons. The molecule has 1 aliphatic heterocycles. The van der Waals surface area contributed by atoms with E-state index in [1.807, 2.05) is 18.2 Å². The molecule has 0 bridgehead atoms. The molecule has 0 spiro atoms. The van der Waals surface area contributed by atoms with Crippen molar-refractivity contribution in [2.24, 2.45) is 0 Å². The number of rotatable bonds is 2. The first-order chi connectivity index (χ1) is 8.43. The van der Waals surface area contributed by atoms with Crippen molar-refractivity contribution < 1.29 is 4.74 Å². The molecule has 0 amide bonds. The molecule has 0 aromatic carbocycles. The second-order valence-electron chi connectivity index (χ2n) is 4.09. The van der Waals surface area contributed by atoms with Crippen LogP contribution in [0.2, 0.25) is 0 Å². The summed E-state index contributed by atoms with van der Waals surface area (Å²) in [5.74, 6) is 0. The van der Waals surface area contributed by atoms with Crippen LogP contribution in [-0.2, 0) is 4.74 Å². The van der Waals surface area contributed by atoms with E-state index in [1.54, 1.807) is 17.2 Å². The van der Waals surface area contributed by atoms with Gasteiger partial charge in [0.2, 0.25) is 0 Å². The van der Waals surface area contributed by atoms with Gasteiger partial charge in [0.25, 0.3) is 0 Å².